The summed E-state index contributed by atoms with van der Waals surface area (Å²) in [6.45, 7) is -0.0201. The molecule has 0 saturated heterocycles. The van der Waals surface area contributed by atoms with E-state index in [1.165, 1.54) is 0 Å². The zero-order valence-electron chi connectivity index (χ0n) is 11.4. The van der Waals surface area contributed by atoms with Gasteiger partial charge in [0.05, 0.1) is 16.6 Å². The highest BCUT2D eigenvalue weighted by atomic mass is 19.1. The molecule has 0 heterocycles. The van der Waals surface area contributed by atoms with Crippen molar-refractivity contribution >= 4 is 11.6 Å². The Morgan fingerprint density at radius 3 is 2.76 bits per heavy atom. The van der Waals surface area contributed by atoms with E-state index >= 15 is 0 Å². The minimum atomic E-state index is -0.918. The highest BCUT2D eigenvalue weighted by Crippen LogP contribution is 2.24. The first kappa shape index (κ1) is 15.4. The summed E-state index contributed by atoms with van der Waals surface area (Å²) < 4.78 is 13.8. The summed E-state index contributed by atoms with van der Waals surface area (Å²) in [5, 5.41) is 22.6. The lowest BCUT2D eigenvalue weighted by Crippen LogP contribution is -2.43. The summed E-state index contributed by atoms with van der Waals surface area (Å²) in [5.41, 5.74) is -0.613. The van der Waals surface area contributed by atoms with E-state index in [0.29, 0.717) is 0 Å². The van der Waals surface area contributed by atoms with E-state index in [0.717, 1.165) is 43.9 Å². The number of halogens is 1. The maximum absolute atomic E-state index is 13.8. The summed E-state index contributed by atoms with van der Waals surface area (Å²) in [6.07, 6.45) is 3.52. The van der Waals surface area contributed by atoms with Crippen LogP contribution in [0.4, 0.5) is 10.1 Å². The third kappa shape index (κ3) is 3.55. The number of aliphatic hydroxyl groups excluding tert-OH is 1. The Balaban J connectivity index is 2.11. The van der Waals surface area contributed by atoms with Crippen molar-refractivity contribution < 1.29 is 19.2 Å². The van der Waals surface area contributed by atoms with Gasteiger partial charge in [0.1, 0.15) is 5.82 Å². The van der Waals surface area contributed by atoms with Gasteiger partial charge in [-0.25, -0.2) is 4.39 Å². The molecular formula is C14H17FN2O4. The molecule has 1 saturated carbocycles. The van der Waals surface area contributed by atoms with Crippen LogP contribution < -0.4 is 5.32 Å². The molecule has 2 unspecified atom stereocenters. The van der Waals surface area contributed by atoms with Crippen molar-refractivity contribution in [3.05, 3.63) is 39.7 Å². The minimum absolute atomic E-state index is 0.0201. The molecule has 1 fully saturated rings. The van der Waals surface area contributed by atoms with Gasteiger partial charge in [0.2, 0.25) is 0 Å². The van der Waals surface area contributed by atoms with E-state index in [4.69, 9.17) is 0 Å². The smallest absolute Gasteiger partial charge is 0.272 e. The van der Waals surface area contributed by atoms with E-state index in [9.17, 15) is 24.4 Å². The molecule has 0 radical (unpaired) electrons. The quantitative estimate of drug-likeness (QED) is 0.656. The van der Waals surface area contributed by atoms with Gasteiger partial charge in [0, 0.05) is 24.6 Å². The molecule has 0 aromatic heterocycles. The summed E-state index contributed by atoms with van der Waals surface area (Å²) in [7, 11) is 0. The molecular weight excluding hydrogens is 279 g/mol. The zero-order chi connectivity index (χ0) is 15.4. The number of non-ortho nitro benzene ring substituents is 1. The van der Waals surface area contributed by atoms with Gasteiger partial charge in [-0.05, 0) is 18.9 Å². The Morgan fingerprint density at radius 1 is 1.43 bits per heavy atom. The van der Waals surface area contributed by atoms with E-state index in [2.05, 4.69) is 5.32 Å². The van der Waals surface area contributed by atoms with Crippen molar-refractivity contribution in [1.29, 1.82) is 0 Å². The number of nitrogens with zero attached hydrogens (tertiary/aromatic N) is 1. The first-order chi connectivity index (χ1) is 10.0. The Kier molecular flexibility index (Phi) is 4.85. The fraction of sp³-hybridized carbons (Fsp3) is 0.500. The van der Waals surface area contributed by atoms with Gasteiger partial charge in [-0.2, -0.15) is 0 Å². The number of nitrogens with one attached hydrogen (secondary N) is 1. The van der Waals surface area contributed by atoms with Crippen LogP contribution in [0, 0.1) is 21.8 Å². The normalized spacial score (nSPS) is 21.8. The molecule has 0 bridgehead atoms. The molecule has 0 aliphatic heterocycles. The number of rotatable bonds is 4. The standard InChI is InChI=1S/C14H17FN2O4/c15-12-7-10(17(20)21)5-6-11(12)14(19)16-13-4-2-1-3-9(13)8-18/h5-7,9,13,18H,1-4,8H2,(H,16,19). The van der Waals surface area contributed by atoms with E-state index in [-0.39, 0.29) is 24.1 Å². The SMILES string of the molecule is O=C(NC1CCCCC1CO)c1ccc([N+](=O)[O-])cc1F. The van der Waals surface area contributed by atoms with Crippen molar-refractivity contribution in [3.8, 4) is 0 Å². The average Bonchev–Trinajstić information content (AvgIpc) is 2.47. The highest BCUT2D eigenvalue weighted by molar-refractivity contribution is 5.94. The van der Waals surface area contributed by atoms with Crippen LogP contribution in [0.15, 0.2) is 18.2 Å². The second-order valence-corrected chi connectivity index (χ2v) is 5.23. The van der Waals surface area contributed by atoms with Crippen LogP contribution in [0.3, 0.4) is 0 Å². The van der Waals surface area contributed by atoms with Crippen molar-refractivity contribution in [2.24, 2.45) is 5.92 Å². The third-order valence-corrected chi connectivity index (χ3v) is 3.87. The van der Waals surface area contributed by atoms with Crippen LogP contribution in [0.1, 0.15) is 36.0 Å². The van der Waals surface area contributed by atoms with Crippen LogP contribution in [0.2, 0.25) is 0 Å². The lowest BCUT2D eigenvalue weighted by molar-refractivity contribution is -0.385. The van der Waals surface area contributed by atoms with Crippen molar-refractivity contribution in [1.82, 2.24) is 5.32 Å². The molecule has 0 spiro atoms. The Morgan fingerprint density at radius 2 is 2.14 bits per heavy atom. The van der Waals surface area contributed by atoms with Gasteiger partial charge in [-0.15, -0.1) is 0 Å². The molecule has 1 aromatic rings. The molecule has 1 aliphatic rings. The number of nitro groups is 1. The summed E-state index contributed by atoms with van der Waals surface area (Å²) >= 11 is 0. The number of nitro benzene ring substituents is 1. The van der Waals surface area contributed by atoms with E-state index in [1.54, 1.807) is 0 Å². The fourth-order valence-corrected chi connectivity index (χ4v) is 2.66. The number of carbonyl (C=O) groups excluding carboxylic acids is 1. The van der Waals surface area contributed by atoms with Crippen LogP contribution in [0.5, 0.6) is 0 Å². The predicted molar refractivity (Wildman–Crippen MR) is 73.4 cm³/mol. The topological polar surface area (TPSA) is 92.5 Å². The first-order valence-electron chi connectivity index (χ1n) is 6.88. The van der Waals surface area contributed by atoms with E-state index in [1.807, 2.05) is 0 Å². The number of benzene rings is 1. The lowest BCUT2D eigenvalue weighted by atomic mass is 9.85. The van der Waals surface area contributed by atoms with Crippen molar-refractivity contribution in [3.63, 3.8) is 0 Å². The molecule has 2 N–H and O–H groups in total. The monoisotopic (exact) mass is 296 g/mol. The van der Waals surface area contributed by atoms with E-state index < -0.39 is 22.3 Å². The van der Waals surface area contributed by atoms with Crippen LogP contribution in [-0.4, -0.2) is 28.6 Å². The zero-order valence-corrected chi connectivity index (χ0v) is 11.4. The maximum atomic E-state index is 13.8. The summed E-state index contributed by atoms with van der Waals surface area (Å²) in [4.78, 5) is 21.9. The molecule has 1 amide bonds. The minimum Gasteiger partial charge on any atom is -0.396 e. The number of hydrogen-bond donors (Lipinski definition) is 2. The van der Waals surface area contributed by atoms with Gasteiger partial charge >= 0.3 is 0 Å². The highest BCUT2D eigenvalue weighted by Gasteiger charge is 2.27. The fourth-order valence-electron chi connectivity index (χ4n) is 2.66. The number of aliphatic hydroxyl groups is 1. The van der Waals surface area contributed by atoms with Gasteiger partial charge in [0.15, 0.2) is 0 Å². The first-order valence-corrected chi connectivity index (χ1v) is 6.88. The Hall–Kier alpha value is -2.02. The number of carbonyl (C=O) groups is 1. The van der Waals surface area contributed by atoms with Crippen molar-refractivity contribution in [2.45, 2.75) is 31.7 Å². The molecule has 2 rings (SSSR count). The molecule has 6 nitrogen and oxygen atoms in total. The number of amides is 1. The van der Waals surface area contributed by atoms with Crippen LogP contribution in [0.25, 0.3) is 0 Å². The Bertz CT molecular complexity index is 550. The largest absolute Gasteiger partial charge is 0.396 e. The van der Waals surface area contributed by atoms with Gasteiger partial charge in [-0.1, -0.05) is 12.8 Å². The van der Waals surface area contributed by atoms with Crippen LogP contribution in [-0.2, 0) is 0 Å². The summed E-state index contributed by atoms with van der Waals surface area (Å²) in [5.74, 6) is -1.55. The molecule has 21 heavy (non-hydrogen) atoms. The third-order valence-electron chi connectivity index (χ3n) is 3.87. The average molecular weight is 296 g/mol. The lowest BCUT2D eigenvalue weighted by Gasteiger charge is -2.30. The molecule has 1 aromatic carbocycles. The van der Waals surface area contributed by atoms with Crippen molar-refractivity contribution in [2.75, 3.05) is 6.61 Å². The Labute approximate surface area is 121 Å². The predicted octanol–water partition coefficient (Wildman–Crippen LogP) is 2.01. The van der Waals surface area contributed by atoms with Gasteiger partial charge in [0.25, 0.3) is 11.6 Å². The van der Waals surface area contributed by atoms with Gasteiger partial charge < -0.3 is 10.4 Å². The number of hydrogen-bond acceptors (Lipinski definition) is 4. The molecule has 2 atom stereocenters. The second kappa shape index (κ2) is 6.62. The second-order valence-electron chi connectivity index (χ2n) is 5.23. The molecule has 7 heteroatoms. The maximum Gasteiger partial charge on any atom is 0.272 e. The molecule has 1 aliphatic carbocycles. The van der Waals surface area contributed by atoms with Gasteiger partial charge in [-0.3, -0.25) is 14.9 Å². The summed E-state index contributed by atoms with van der Waals surface area (Å²) in [6, 6.07) is 2.76. The van der Waals surface area contributed by atoms with Crippen LogP contribution >= 0.6 is 0 Å². The molecule has 114 valence electrons.